The van der Waals surface area contributed by atoms with Crippen LogP contribution in [0.2, 0.25) is 0 Å². The molecule has 1 heterocycles. The Morgan fingerprint density at radius 1 is 1.18 bits per heavy atom. The molecule has 0 radical (unpaired) electrons. The van der Waals surface area contributed by atoms with E-state index in [1.54, 1.807) is 17.0 Å². The molecule has 4 bridgehead atoms. The Hall–Kier alpha value is -2.26. The maximum absolute atomic E-state index is 12.0. The van der Waals surface area contributed by atoms with Gasteiger partial charge in [0, 0.05) is 18.3 Å². The molecule has 6 nitrogen and oxygen atoms in total. The fourth-order valence-corrected chi connectivity index (χ4v) is 7.11. The largest absolute Gasteiger partial charge is 0.465 e. The van der Waals surface area contributed by atoms with Gasteiger partial charge in [-0.2, -0.15) is 5.26 Å². The fraction of sp³-hybridized carbons (Fsp3) is 0.636. The zero-order valence-electron chi connectivity index (χ0n) is 15.9. The minimum Gasteiger partial charge on any atom is -0.465 e. The number of benzene rings is 1. The Labute approximate surface area is 165 Å². The lowest BCUT2D eigenvalue weighted by Gasteiger charge is -2.60. The molecule has 5 fully saturated rings. The molecule has 5 aliphatic rings. The minimum atomic E-state index is -0.832. The van der Waals surface area contributed by atoms with Gasteiger partial charge >= 0.3 is 6.09 Å². The van der Waals surface area contributed by atoms with Gasteiger partial charge in [0.2, 0.25) is 0 Å². The van der Waals surface area contributed by atoms with E-state index in [1.165, 1.54) is 0 Å². The molecular weight excluding hydrogens is 354 g/mol. The van der Waals surface area contributed by atoms with Gasteiger partial charge in [-0.1, -0.05) is 0 Å². The van der Waals surface area contributed by atoms with Gasteiger partial charge in [-0.3, -0.25) is 0 Å². The van der Waals surface area contributed by atoms with Crippen LogP contribution in [0.25, 0.3) is 0 Å². The summed E-state index contributed by atoms with van der Waals surface area (Å²) in [6.07, 6.45) is 4.83. The Balaban J connectivity index is 1.42. The van der Waals surface area contributed by atoms with Gasteiger partial charge in [0.1, 0.15) is 0 Å². The van der Waals surface area contributed by atoms with Gasteiger partial charge < -0.3 is 20.4 Å². The molecule has 1 saturated heterocycles. The predicted octanol–water partition coefficient (Wildman–Crippen LogP) is 3.28. The molecule has 7 atom stereocenters. The van der Waals surface area contributed by atoms with E-state index in [9.17, 15) is 15.0 Å². The van der Waals surface area contributed by atoms with E-state index < -0.39 is 11.7 Å². The molecular formula is C22H27N3O3. The lowest BCUT2D eigenvalue weighted by molar-refractivity contribution is -0.162. The molecule has 5 unspecified atom stereocenters. The van der Waals surface area contributed by atoms with Crippen molar-refractivity contribution in [1.29, 1.82) is 5.26 Å². The Morgan fingerprint density at radius 2 is 1.86 bits per heavy atom. The predicted molar refractivity (Wildman–Crippen MR) is 104 cm³/mol. The highest BCUT2D eigenvalue weighted by Crippen LogP contribution is 2.60. The van der Waals surface area contributed by atoms with E-state index >= 15 is 0 Å². The summed E-state index contributed by atoms with van der Waals surface area (Å²) in [6.45, 7) is 0.553. The van der Waals surface area contributed by atoms with Crippen molar-refractivity contribution in [2.75, 3.05) is 11.9 Å². The van der Waals surface area contributed by atoms with Gasteiger partial charge in [-0.25, -0.2) is 4.79 Å². The molecule has 4 aliphatic carbocycles. The smallest absolute Gasteiger partial charge is 0.407 e. The first-order chi connectivity index (χ1) is 13.5. The van der Waals surface area contributed by atoms with Gasteiger partial charge in [-0.15, -0.1) is 0 Å². The van der Waals surface area contributed by atoms with Crippen LogP contribution >= 0.6 is 0 Å². The molecule has 1 aromatic rings. The highest BCUT2D eigenvalue weighted by molar-refractivity contribution is 5.66. The molecule has 4 saturated carbocycles. The van der Waals surface area contributed by atoms with Crippen molar-refractivity contribution in [2.45, 2.75) is 56.2 Å². The van der Waals surface area contributed by atoms with Crippen molar-refractivity contribution in [3.63, 3.8) is 0 Å². The number of amides is 1. The van der Waals surface area contributed by atoms with Crippen LogP contribution in [0.5, 0.6) is 0 Å². The lowest BCUT2D eigenvalue weighted by Crippen LogP contribution is -2.61. The third kappa shape index (κ3) is 2.84. The van der Waals surface area contributed by atoms with Crippen LogP contribution in [0.15, 0.2) is 24.3 Å². The number of rotatable bonds is 3. The normalized spacial score (nSPS) is 41.1. The minimum absolute atomic E-state index is 0.0493. The topological polar surface area (TPSA) is 96.6 Å². The van der Waals surface area contributed by atoms with E-state index in [4.69, 9.17) is 5.26 Å². The van der Waals surface area contributed by atoms with Crippen molar-refractivity contribution in [3.05, 3.63) is 29.8 Å². The zero-order valence-corrected chi connectivity index (χ0v) is 15.9. The molecule has 0 spiro atoms. The average Bonchev–Trinajstić information content (AvgIpc) is 3.04. The van der Waals surface area contributed by atoms with Gasteiger partial charge in [-0.05, 0) is 86.5 Å². The second kappa shape index (κ2) is 6.38. The van der Waals surface area contributed by atoms with Crippen molar-refractivity contribution >= 4 is 11.8 Å². The van der Waals surface area contributed by atoms with Crippen LogP contribution in [0, 0.1) is 35.0 Å². The quantitative estimate of drug-likeness (QED) is 0.747. The SMILES string of the molecule is N#Cc1ccc(NC2CCN(C(=O)O)C2C2[C@@H]3CC4C[C@H]2CC(O)(C4)C3)cc1. The second-order valence-corrected chi connectivity index (χ2v) is 9.47. The molecule has 148 valence electrons. The monoisotopic (exact) mass is 381 g/mol. The number of anilines is 1. The summed E-state index contributed by atoms with van der Waals surface area (Å²) in [5.41, 5.74) is 1.05. The number of aliphatic hydroxyl groups is 1. The van der Waals surface area contributed by atoms with Crippen molar-refractivity contribution in [2.24, 2.45) is 23.7 Å². The molecule has 3 N–H and O–H groups in total. The van der Waals surface area contributed by atoms with Gasteiger partial charge in [0.25, 0.3) is 0 Å². The van der Waals surface area contributed by atoms with Gasteiger partial charge in [0.05, 0.1) is 23.3 Å². The van der Waals surface area contributed by atoms with E-state index in [0.29, 0.717) is 35.8 Å². The number of hydrogen-bond donors (Lipinski definition) is 3. The van der Waals surface area contributed by atoms with Crippen molar-refractivity contribution in [1.82, 2.24) is 4.90 Å². The number of carboxylic acid groups (broad SMARTS) is 1. The average molecular weight is 381 g/mol. The maximum atomic E-state index is 12.0. The standard InChI is InChI=1S/C22H27N3O3/c23-12-13-1-3-17(4-2-13)24-18-5-6-25(21(26)27)20(18)19-15-7-14-8-16(19)11-22(28,9-14)10-15/h1-4,14-16,18-20,24,28H,5-11H2,(H,26,27)/t14?,15-,16+,18?,19?,20?,22?. The van der Waals surface area contributed by atoms with Crippen LogP contribution in [-0.4, -0.2) is 45.4 Å². The zero-order chi connectivity index (χ0) is 19.5. The van der Waals surface area contributed by atoms with Crippen LogP contribution < -0.4 is 5.32 Å². The lowest BCUT2D eigenvalue weighted by atomic mass is 9.48. The molecule has 1 amide bonds. The van der Waals surface area contributed by atoms with Gasteiger partial charge in [0.15, 0.2) is 0 Å². The molecule has 1 aliphatic heterocycles. The second-order valence-electron chi connectivity index (χ2n) is 9.47. The summed E-state index contributed by atoms with van der Waals surface area (Å²) in [5, 5.41) is 33.3. The van der Waals surface area contributed by atoms with Crippen molar-refractivity contribution < 1.29 is 15.0 Å². The summed E-state index contributed by atoms with van der Waals surface area (Å²) in [4.78, 5) is 13.7. The third-order valence-electron chi connectivity index (χ3n) is 7.77. The number of hydrogen-bond acceptors (Lipinski definition) is 4. The first-order valence-electron chi connectivity index (χ1n) is 10.4. The van der Waals surface area contributed by atoms with E-state index in [-0.39, 0.29) is 12.1 Å². The van der Waals surface area contributed by atoms with E-state index in [1.807, 2.05) is 12.1 Å². The highest BCUT2D eigenvalue weighted by Gasteiger charge is 2.59. The number of nitrogens with one attached hydrogen (secondary N) is 1. The third-order valence-corrected chi connectivity index (χ3v) is 7.77. The summed E-state index contributed by atoms with van der Waals surface area (Å²) in [6, 6.07) is 9.54. The summed E-state index contributed by atoms with van der Waals surface area (Å²) >= 11 is 0. The highest BCUT2D eigenvalue weighted by atomic mass is 16.4. The van der Waals surface area contributed by atoms with Crippen LogP contribution in [0.1, 0.15) is 44.1 Å². The van der Waals surface area contributed by atoms with Crippen LogP contribution in [0.3, 0.4) is 0 Å². The summed E-state index contributed by atoms with van der Waals surface area (Å²) < 4.78 is 0. The first kappa shape index (κ1) is 17.8. The number of nitrogens with zero attached hydrogens (tertiary/aromatic N) is 2. The first-order valence-corrected chi connectivity index (χ1v) is 10.4. The Kier molecular flexibility index (Phi) is 4.06. The van der Waals surface area contributed by atoms with Crippen molar-refractivity contribution in [3.8, 4) is 6.07 Å². The number of carbonyl (C=O) groups is 1. The summed E-state index contributed by atoms with van der Waals surface area (Å²) in [5.74, 6) is 1.78. The molecule has 28 heavy (non-hydrogen) atoms. The molecule has 6 heteroatoms. The Bertz CT molecular complexity index is 801. The van der Waals surface area contributed by atoms with Crippen LogP contribution in [-0.2, 0) is 0 Å². The Morgan fingerprint density at radius 3 is 2.43 bits per heavy atom. The van der Waals surface area contributed by atoms with E-state index in [2.05, 4.69) is 11.4 Å². The fourth-order valence-electron chi connectivity index (χ4n) is 7.11. The summed E-state index contributed by atoms with van der Waals surface area (Å²) in [7, 11) is 0. The number of nitriles is 1. The number of likely N-dealkylation sites (tertiary alicyclic amines) is 1. The molecule has 6 rings (SSSR count). The van der Waals surface area contributed by atoms with E-state index in [0.717, 1.165) is 44.2 Å². The molecule has 1 aromatic carbocycles. The maximum Gasteiger partial charge on any atom is 0.407 e. The molecule has 0 aromatic heterocycles. The van der Waals surface area contributed by atoms with Crippen LogP contribution in [0.4, 0.5) is 10.5 Å².